The molecule has 1 amide bonds. The summed E-state index contributed by atoms with van der Waals surface area (Å²) in [5.41, 5.74) is 0. The molecule has 1 atom stereocenters. The molecule has 2 aliphatic rings. The number of carbonyl (C=O) groups excluding carboxylic acids is 1. The summed E-state index contributed by atoms with van der Waals surface area (Å²) in [7, 11) is 4.16. The highest BCUT2D eigenvalue weighted by molar-refractivity contribution is 5.76. The minimum Gasteiger partial charge on any atom is -0.346 e. The summed E-state index contributed by atoms with van der Waals surface area (Å²) in [6, 6.07) is 0. The van der Waals surface area contributed by atoms with Crippen LogP contribution in [0.5, 0.6) is 0 Å². The van der Waals surface area contributed by atoms with Crippen molar-refractivity contribution in [2.45, 2.75) is 32.1 Å². The second-order valence-corrected chi connectivity index (χ2v) is 6.42. The lowest BCUT2D eigenvalue weighted by Crippen LogP contribution is -2.34. The first-order chi connectivity index (χ1) is 9.15. The van der Waals surface area contributed by atoms with Gasteiger partial charge in [-0.1, -0.05) is 0 Å². The van der Waals surface area contributed by atoms with Crippen molar-refractivity contribution in [2.75, 3.05) is 46.8 Å². The highest BCUT2D eigenvalue weighted by Crippen LogP contribution is 2.20. The third kappa shape index (κ3) is 4.77. The van der Waals surface area contributed by atoms with Crippen LogP contribution in [0.4, 0.5) is 0 Å². The van der Waals surface area contributed by atoms with E-state index in [1.165, 1.54) is 25.9 Å². The van der Waals surface area contributed by atoms with E-state index in [0.717, 1.165) is 44.8 Å². The first-order valence-electron chi connectivity index (χ1n) is 7.78. The highest BCUT2D eigenvalue weighted by atomic mass is 16.2. The molecule has 2 heterocycles. The van der Waals surface area contributed by atoms with E-state index < -0.39 is 0 Å². The Bertz CT molecular complexity index is 289. The molecule has 2 fully saturated rings. The summed E-state index contributed by atoms with van der Waals surface area (Å²) >= 11 is 0. The number of nitrogens with zero attached hydrogens (tertiary/aromatic N) is 2. The fourth-order valence-corrected chi connectivity index (χ4v) is 3.25. The average Bonchev–Trinajstić information content (AvgIpc) is 2.83. The maximum atomic E-state index is 12.2. The number of carbonyl (C=O) groups is 1. The molecule has 110 valence electrons. The van der Waals surface area contributed by atoms with Crippen molar-refractivity contribution in [3.63, 3.8) is 0 Å². The molecular weight excluding hydrogens is 238 g/mol. The Morgan fingerprint density at radius 3 is 2.63 bits per heavy atom. The summed E-state index contributed by atoms with van der Waals surface area (Å²) in [5.74, 6) is 1.74. The monoisotopic (exact) mass is 267 g/mol. The summed E-state index contributed by atoms with van der Waals surface area (Å²) in [4.78, 5) is 16.5. The normalized spacial score (nSPS) is 25.7. The topological polar surface area (TPSA) is 35.6 Å². The molecule has 4 nitrogen and oxygen atoms in total. The van der Waals surface area contributed by atoms with Gasteiger partial charge in [0, 0.05) is 26.6 Å². The predicted molar refractivity (Wildman–Crippen MR) is 78.1 cm³/mol. The van der Waals surface area contributed by atoms with Gasteiger partial charge >= 0.3 is 0 Å². The van der Waals surface area contributed by atoms with Gasteiger partial charge in [-0.25, -0.2) is 0 Å². The van der Waals surface area contributed by atoms with Crippen molar-refractivity contribution in [1.29, 1.82) is 0 Å². The van der Waals surface area contributed by atoms with Crippen LogP contribution < -0.4 is 5.32 Å². The van der Waals surface area contributed by atoms with Gasteiger partial charge in [0.2, 0.25) is 5.91 Å². The van der Waals surface area contributed by atoms with E-state index in [1.807, 2.05) is 11.9 Å². The zero-order chi connectivity index (χ0) is 13.7. The van der Waals surface area contributed by atoms with Crippen LogP contribution in [0.2, 0.25) is 0 Å². The summed E-state index contributed by atoms with van der Waals surface area (Å²) in [5, 5.41) is 3.35. The van der Waals surface area contributed by atoms with Crippen molar-refractivity contribution in [2.24, 2.45) is 11.8 Å². The van der Waals surface area contributed by atoms with Crippen molar-refractivity contribution in [3.8, 4) is 0 Å². The molecule has 0 aromatic carbocycles. The molecule has 0 radical (unpaired) electrons. The quantitative estimate of drug-likeness (QED) is 0.812. The number of hydrogen-bond acceptors (Lipinski definition) is 3. The smallest absolute Gasteiger partial charge is 0.222 e. The molecule has 4 heteroatoms. The second kappa shape index (κ2) is 7.25. The van der Waals surface area contributed by atoms with Gasteiger partial charge in [0.15, 0.2) is 0 Å². The molecule has 0 aromatic rings. The van der Waals surface area contributed by atoms with Crippen molar-refractivity contribution >= 4 is 5.91 Å². The first-order valence-corrected chi connectivity index (χ1v) is 7.78. The van der Waals surface area contributed by atoms with E-state index in [-0.39, 0.29) is 0 Å². The van der Waals surface area contributed by atoms with Gasteiger partial charge in [-0.3, -0.25) is 4.79 Å². The Kier molecular flexibility index (Phi) is 5.64. The molecule has 0 aromatic heterocycles. The van der Waals surface area contributed by atoms with E-state index in [2.05, 4.69) is 17.3 Å². The summed E-state index contributed by atoms with van der Waals surface area (Å²) in [6.07, 6.45) is 5.54. The molecule has 2 saturated heterocycles. The lowest BCUT2D eigenvalue weighted by atomic mass is 9.94. The number of amides is 1. The van der Waals surface area contributed by atoms with Crippen molar-refractivity contribution in [1.82, 2.24) is 15.1 Å². The van der Waals surface area contributed by atoms with E-state index in [1.54, 1.807) is 0 Å². The number of piperidine rings is 1. The van der Waals surface area contributed by atoms with Crippen molar-refractivity contribution < 1.29 is 4.79 Å². The summed E-state index contributed by atoms with van der Waals surface area (Å²) < 4.78 is 0. The molecule has 2 rings (SSSR count). The first kappa shape index (κ1) is 14.8. The Morgan fingerprint density at radius 1 is 1.26 bits per heavy atom. The Balaban J connectivity index is 1.64. The number of hydrogen-bond donors (Lipinski definition) is 1. The van der Waals surface area contributed by atoms with Gasteiger partial charge in [0.1, 0.15) is 0 Å². The zero-order valence-corrected chi connectivity index (χ0v) is 12.5. The Morgan fingerprint density at radius 2 is 2.00 bits per heavy atom. The zero-order valence-electron chi connectivity index (χ0n) is 12.5. The van der Waals surface area contributed by atoms with Gasteiger partial charge in [-0.15, -0.1) is 0 Å². The van der Waals surface area contributed by atoms with E-state index in [4.69, 9.17) is 0 Å². The maximum absolute atomic E-state index is 12.2. The third-order valence-corrected chi connectivity index (χ3v) is 4.71. The molecule has 0 saturated carbocycles. The van der Waals surface area contributed by atoms with Crippen LogP contribution in [0.15, 0.2) is 0 Å². The lowest BCUT2D eigenvalue weighted by molar-refractivity contribution is -0.131. The molecule has 19 heavy (non-hydrogen) atoms. The largest absolute Gasteiger partial charge is 0.346 e. The summed E-state index contributed by atoms with van der Waals surface area (Å²) in [6.45, 7) is 5.52. The molecule has 0 spiro atoms. The Hall–Kier alpha value is -0.610. The molecular formula is C15H29N3O. The molecule has 2 aliphatic heterocycles. The third-order valence-electron chi connectivity index (χ3n) is 4.71. The van der Waals surface area contributed by atoms with Crippen LogP contribution in [0.1, 0.15) is 32.1 Å². The number of nitrogens with one attached hydrogen (secondary N) is 1. The highest BCUT2D eigenvalue weighted by Gasteiger charge is 2.22. The van der Waals surface area contributed by atoms with E-state index in [9.17, 15) is 4.79 Å². The van der Waals surface area contributed by atoms with Crippen LogP contribution in [0.25, 0.3) is 0 Å². The average molecular weight is 267 g/mol. The van der Waals surface area contributed by atoms with E-state index >= 15 is 0 Å². The van der Waals surface area contributed by atoms with Crippen LogP contribution in [-0.2, 0) is 4.79 Å². The van der Waals surface area contributed by atoms with Crippen LogP contribution >= 0.6 is 0 Å². The van der Waals surface area contributed by atoms with Crippen LogP contribution in [0.3, 0.4) is 0 Å². The molecule has 0 bridgehead atoms. The van der Waals surface area contributed by atoms with Gasteiger partial charge in [-0.2, -0.15) is 0 Å². The Labute approximate surface area is 117 Å². The minimum atomic E-state index is 0.346. The maximum Gasteiger partial charge on any atom is 0.222 e. The van der Waals surface area contributed by atoms with Crippen LogP contribution in [-0.4, -0.2) is 62.5 Å². The van der Waals surface area contributed by atoms with Gasteiger partial charge in [0.05, 0.1) is 0 Å². The fraction of sp³-hybridized carbons (Fsp3) is 0.933. The number of rotatable bonds is 5. The van der Waals surface area contributed by atoms with Gasteiger partial charge < -0.3 is 15.1 Å². The standard InChI is InChI=1S/C15H29N3O/c1-17-9-5-14(12-17)6-10-18(2)15(19)11-13-3-7-16-8-4-13/h13-14,16H,3-12H2,1-2H3. The number of likely N-dealkylation sites (tertiary alicyclic amines) is 1. The fourth-order valence-electron chi connectivity index (χ4n) is 3.25. The van der Waals surface area contributed by atoms with Crippen LogP contribution in [0, 0.1) is 11.8 Å². The molecule has 1 N–H and O–H groups in total. The second-order valence-electron chi connectivity index (χ2n) is 6.42. The SMILES string of the molecule is CN1CCC(CCN(C)C(=O)CC2CCNCC2)C1. The van der Waals surface area contributed by atoms with Gasteiger partial charge in [-0.05, 0) is 64.2 Å². The van der Waals surface area contributed by atoms with E-state index in [0.29, 0.717) is 11.8 Å². The molecule has 0 aliphatic carbocycles. The van der Waals surface area contributed by atoms with Gasteiger partial charge in [0.25, 0.3) is 0 Å². The molecule has 1 unspecified atom stereocenters. The minimum absolute atomic E-state index is 0.346. The van der Waals surface area contributed by atoms with Crippen molar-refractivity contribution in [3.05, 3.63) is 0 Å². The predicted octanol–water partition coefficient (Wildman–Crippen LogP) is 1.18. The lowest BCUT2D eigenvalue weighted by Gasteiger charge is -2.25.